The zero-order chi connectivity index (χ0) is 13.1. The number of pyridine rings is 1. The number of nitrogens with zero attached hydrogens (tertiary/aromatic N) is 2. The average molecular weight is 250 g/mol. The van der Waals surface area contributed by atoms with Crippen LogP contribution >= 0.6 is 0 Å². The zero-order valence-electron chi connectivity index (χ0n) is 10.6. The van der Waals surface area contributed by atoms with E-state index in [-0.39, 0.29) is 0 Å². The number of nitrogens with one attached hydrogen (secondary N) is 2. The molecular formula is C15H14N4. The fraction of sp³-hybridized carbons (Fsp3) is 0.0667. The highest BCUT2D eigenvalue weighted by Gasteiger charge is 2.04. The first-order valence-corrected chi connectivity index (χ1v) is 6.12. The first-order chi connectivity index (χ1) is 9.31. The van der Waals surface area contributed by atoms with Gasteiger partial charge in [-0.1, -0.05) is 23.8 Å². The number of rotatable bonds is 3. The smallest absolute Gasteiger partial charge is 0.152 e. The molecule has 2 heterocycles. The summed E-state index contributed by atoms with van der Waals surface area (Å²) in [7, 11) is 0. The van der Waals surface area contributed by atoms with Gasteiger partial charge in [0.25, 0.3) is 0 Å². The second-order valence-electron chi connectivity index (χ2n) is 4.37. The minimum absolute atomic E-state index is 0.782. The number of aromatic amines is 1. The second kappa shape index (κ2) is 4.94. The molecule has 94 valence electrons. The van der Waals surface area contributed by atoms with Gasteiger partial charge in [-0.25, -0.2) is 0 Å². The molecule has 0 spiro atoms. The van der Waals surface area contributed by atoms with Crippen molar-refractivity contribution in [3.8, 4) is 11.4 Å². The van der Waals surface area contributed by atoms with Crippen LogP contribution in [-0.4, -0.2) is 15.2 Å². The van der Waals surface area contributed by atoms with Crippen LogP contribution in [0.4, 0.5) is 11.5 Å². The lowest BCUT2D eigenvalue weighted by Crippen LogP contribution is -1.89. The Morgan fingerprint density at radius 1 is 1.05 bits per heavy atom. The van der Waals surface area contributed by atoms with E-state index < -0.39 is 0 Å². The molecule has 0 aliphatic rings. The Bertz CT molecular complexity index is 656. The molecule has 0 saturated heterocycles. The Hall–Kier alpha value is -2.62. The topological polar surface area (TPSA) is 53.6 Å². The summed E-state index contributed by atoms with van der Waals surface area (Å²) in [6, 6.07) is 15.9. The van der Waals surface area contributed by atoms with Crippen LogP contribution < -0.4 is 5.32 Å². The summed E-state index contributed by atoms with van der Waals surface area (Å²) in [6.45, 7) is 2.07. The summed E-state index contributed by atoms with van der Waals surface area (Å²) in [5.41, 5.74) is 4.04. The molecule has 2 N–H and O–H groups in total. The Labute approximate surface area is 111 Å². The predicted octanol–water partition coefficient (Wildman–Crippen LogP) is 3.52. The molecule has 4 heteroatoms. The van der Waals surface area contributed by atoms with Crippen LogP contribution in [0.3, 0.4) is 0 Å². The summed E-state index contributed by atoms with van der Waals surface area (Å²) in [6.07, 6.45) is 1.77. The van der Waals surface area contributed by atoms with Gasteiger partial charge in [-0.15, -0.1) is 0 Å². The molecule has 4 nitrogen and oxygen atoms in total. The molecule has 0 aliphatic heterocycles. The van der Waals surface area contributed by atoms with E-state index in [4.69, 9.17) is 0 Å². The Balaban J connectivity index is 1.80. The van der Waals surface area contributed by atoms with E-state index in [1.165, 1.54) is 5.56 Å². The lowest BCUT2D eigenvalue weighted by Gasteiger charge is -2.02. The highest BCUT2D eigenvalue weighted by atomic mass is 15.2. The summed E-state index contributed by atoms with van der Waals surface area (Å²) in [5.74, 6) is 0.782. The number of benzene rings is 1. The lowest BCUT2D eigenvalue weighted by molar-refractivity contribution is 1.09. The first-order valence-electron chi connectivity index (χ1n) is 6.12. The second-order valence-corrected chi connectivity index (χ2v) is 4.37. The molecule has 0 radical (unpaired) electrons. The Morgan fingerprint density at radius 3 is 2.63 bits per heavy atom. The predicted molar refractivity (Wildman–Crippen MR) is 76.3 cm³/mol. The quantitative estimate of drug-likeness (QED) is 0.747. The molecule has 0 saturated carbocycles. The Morgan fingerprint density at radius 2 is 1.89 bits per heavy atom. The van der Waals surface area contributed by atoms with Crippen LogP contribution in [0.15, 0.2) is 54.7 Å². The highest BCUT2D eigenvalue weighted by Crippen LogP contribution is 2.20. The standard InChI is InChI=1S/C15H14N4/c1-11-5-7-12(8-6-11)17-15-10-14(18-19-15)13-4-2-3-9-16-13/h2-10H,1H3,(H2,17,18,19). The molecule has 0 fully saturated rings. The normalized spacial score (nSPS) is 10.4. The van der Waals surface area contributed by atoms with Gasteiger partial charge in [-0.2, -0.15) is 5.10 Å². The lowest BCUT2D eigenvalue weighted by atomic mass is 10.2. The van der Waals surface area contributed by atoms with Crippen molar-refractivity contribution in [1.82, 2.24) is 15.2 Å². The van der Waals surface area contributed by atoms with Crippen molar-refractivity contribution < 1.29 is 0 Å². The molecule has 0 unspecified atom stereocenters. The van der Waals surface area contributed by atoms with E-state index in [0.717, 1.165) is 22.9 Å². The van der Waals surface area contributed by atoms with Gasteiger partial charge in [0, 0.05) is 18.0 Å². The SMILES string of the molecule is Cc1ccc(Nc2cc(-c3ccccn3)[nH]n2)cc1. The number of H-pyrrole nitrogens is 1. The van der Waals surface area contributed by atoms with Crippen LogP contribution in [0, 0.1) is 6.92 Å². The third-order valence-electron chi connectivity index (χ3n) is 2.84. The minimum Gasteiger partial charge on any atom is -0.339 e. The third-order valence-corrected chi connectivity index (χ3v) is 2.84. The molecule has 19 heavy (non-hydrogen) atoms. The van der Waals surface area contributed by atoms with E-state index in [2.05, 4.69) is 39.6 Å². The number of aryl methyl sites for hydroxylation is 1. The average Bonchev–Trinajstić information content (AvgIpc) is 2.91. The van der Waals surface area contributed by atoms with Gasteiger partial charge in [-0.3, -0.25) is 10.1 Å². The summed E-state index contributed by atoms with van der Waals surface area (Å²) in [5, 5.41) is 10.5. The van der Waals surface area contributed by atoms with Crippen molar-refractivity contribution in [2.24, 2.45) is 0 Å². The number of hydrogen-bond donors (Lipinski definition) is 2. The maximum Gasteiger partial charge on any atom is 0.152 e. The maximum atomic E-state index is 4.28. The molecule has 0 amide bonds. The van der Waals surface area contributed by atoms with Gasteiger partial charge < -0.3 is 5.32 Å². The van der Waals surface area contributed by atoms with Crippen LogP contribution in [0.5, 0.6) is 0 Å². The number of aromatic nitrogens is 3. The van der Waals surface area contributed by atoms with Crippen LogP contribution in [0.2, 0.25) is 0 Å². The molecule has 0 bridgehead atoms. The summed E-state index contributed by atoms with van der Waals surface area (Å²) >= 11 is 0. The van der Waals surface area contributed by atoms with Crippen molar-refractivity contribution in [1.29, 1.82) is 0 Å². The van der Waals surface area contributed by atoms with Gasteiger partial charge in [0.2, 0.25) is 0 Å². The highest BCUT2D eigenvalue weighted by molar-refractivity contribution is 5.63. The number of hydrogen-bond acceptors (Lipinski definition) is 3. The van der Waals surface area contributed by atoms with Crippen molar-refractivity contribution in [3.05, 3.63) is 60.3 Å². The zero-order valence-corrected chi connectivity index (χ0v) is 10.6. The van der Waals surface area contributed by atoms with Gasteiger partial charge in [0.15, 0.2) is 5.82 Å². The van der Waals surface area contributed by atoms with Crippen LogP contribution in [0.1, 0.15) is 5.56 Å². The molecule has 0 atom stereocenters. The van der Waals surface area contributed by atoms with Crippen molar-refractivity contribution in [3.63, 3.8) is 0 Å². The first kappa shape index (κ1) is 11.5. The fourth-order valence-corrected chi connectivity index (χ4v) is 1.82. The van der Waals surface area contributed by atoms with Gasteiger partial charge in [0.05, 0.1) is 11.4 Å². The van der Waals surface area contributed by atoms with Gasteiger partial charge in [0.1, 0.15) is 0 Å². The van der Waals surface area contributed by atoms with E-state index in [1.54, 1.807) is 6.20 Å². The van der Waals surface area contributed by atoms with E-state index >= 15 is 0 Å². The fourth-order valence-electron chi connectivity index (χ4n) is 1.82. The third kappa shape index (κ3) is 2.63. The molecule has 1 aromatic carbocycles. The molecule has 3 aromatic rings. The molecule has 0 aliphatic carbocycles. The molecular weight excluding hydrogens is 236 g/mol. The van der Waals surface area contributed by atoms with E-state index in [1.807, 2.05) is 36.4 Å². The van der Waals surface area contributed by atoms with E-state index in [9.17, 15) is 0 Å². The summed E-state index contributed by atoms with van der Waals surface area (Å²) in [4.78, 5) is 4.28. The Kier molecular flexibility index (Phi) is 2.98. The minimum atomic E-state index is 0.782. The van der Waals surface area contributed by atoms with Crippen LogP contribution in [0.25, 0.3) is 11.4 Å². The van der Waals surface area contributed by atoms with Crippen molar-refractivity contribution in [2.75, 3.05) is 5.32 Å². The van der Waals surface area contributed by atoms with Crippen molar-refractivity contribution in [2.45, 2.75) is 6.92 Å². The largest absolute Gasteiger partial charge is 0.339 e. The monoisotopic (exact) mass is 250 g/mol. The van der Waals surface area contributed by atoms with Crippen LogP contribution in [-0.2, 0) is 0 Å². The van der Waals surface area contributed by atoms with E-state index in [0.29, 0.717) is 0 Å². The maximum absolute atomic E-state index is 4.28. The summed E-state index contributed by atoms with van der Waals surface area (Å²) < 4.78 is 0. The molecule has 2 aromatic heterocycles. The van der Waals surface area contributed by atoms with Gasteiger partial charge >= 0.3 is 0 Å². The van der Waals surface area contributed by atoms with Gasteiger partial charge in [-0.05, 0) is 31.2 Å². The number of anilines is 2. The molecule has 3 rings (SSSR count). The van der Waals surface area contributed by atoms with Crippen molar-refractivity contribution >= 4 is 11.5 Å².